The summed E-state index contributed by atoms with van der Waals surface area (Å²) in [6, 6.07) is 11.8. The van der Waals surface area contributed by atoms with Gasteiger partial charge in [-0.25, -0.2) is 9.07 Å². The predicted octanol–water partition coefficient (Wildman–Crippen LogP) is 3.99. The fraction of sp³-hybridized carbons (Fsp3) is 0.286. The molecule has 0 saturated heterocycles. The highest BCUT2D eigenvalue weighted by Crippen LogP contribution is 2.37. The molecule has 3 aromatic rings. The molecule has 2 aromatic carbocycles. The van der Waals surface area contributed by atoms with Crippen molar-refractivity contribution in [3.63, 3.8) is 0 Å². The fourth-order valence-electron chi connectivity index (χ4n) is 3.51. The van der Waals surface area contributed by atoms with Crippen molar-refractivity contribution in [3.8, 4) is 0 Å². The topological polar surface area (TPSA) is 71.8 Å². The van der Waals surface area contributed by atoms with Crippen LogP contribution in [-0.4, -0.2) is 26.0 Å². The van der Waals surface area contributed by atoms with Gasteiger partial charge in [-0.15, -0.1) is 10.2 Å². The number of halogens is 1. The van der Waals surface area contributed by atoms with Crippen LogP contribution in [0.3, 0.4) is 0 Å². The lowest BCUT2D eigenvalue weighted by Crippen LogP contribution is -2.41. The molecule has 0 aliphatic carbocycles. The smallest absolute Gasteiger partial charge is 0.240 e. The molecule has 1 aliphatic rings. The van der Waals surface area contributed by atoms with Crippen molar-refractivity contribution in [1.82, 2.24) is 14.9 Å². The number of benzene rings is 2. The van der Waals surface area contributed by atoms with Gasteiger partial charge in [0.25, 0.3) is 0 Å². The third-order valence-corrected chi connectivity index (χ3v) is 6.01. The number of amides is 1. The first-order valence-corrected chi connectivity index (χ1v) is 10.3. The number of nitrogens with one attached hydrogen (secondary N) is 2. The van der Waals surface area contributed by atoms with Crippen LogP contribution >= 0.6 is 11.8 Å². The molecule has 1 amide bonds. The van der Waals surface area contributed by atoms with Crippen LogP contribution < -0.4 is 10.7 Å². The molecule has 0 spiro atoms. The van der Waals surface area contributed by atoms with E-state index in [0.717, 1.165) is 28.2 Å². The molecule has 0 fully saturated rings. The zero-order chi connectivity index (χ0) is 20.5. The van der Waals surface area contributed by atoms with Crippen LogP contribution in [0.1, 0.15) is 35.5 Å². The van der Waals surface area contributed by atoms with Crippen LogP contribution in [-0.2, 0) is 11.2 Å². The minimum atomic E-state index is -0.498. The van der Waals surface area contributed by atoms with E-state index < -0.39 is 5.25 Å². The van der Waals surface area contributed by atoms with E-state index in [-0.39, 0.29) is 17.8 Å². The number of aryl methyl sites for hydroxylation is 3. The van der Waals surface area contributed by atoms with Gasteiger partial charge in [-0.2, -0.15) is 0 Å². The number of anilines is 1. The Morgan fingerprint density at radius 1 is 1.17 bits per heavy atom. The van der Waals surface area contributed by atoms with Crippen molar-refractivity contribution >= 4 is 23.4 Å². The maximum Gasteiger partial charge on any atom is 0.240 e. The number of carbonyl (C=O) groups excluding carboxylic acids is 1. The van der Waals surface area contributed by atoms with Crippen LogP contribution in [0.4, 0.5) is 10.1 Å². The summed E-state index contributed by atoms with van der Waals surface area (Å²) >= 11 is 1.36. The van der Waals surface area contributed by atoms with E-state index in [1.54, 1.807) is 12.1 Å². The minimum absolute atomic E-state index is 0.144. The van der Waals surface area contributed by atoms with Crippen molar-refractivity contribution in [2.45, 2.75) is 43.6 Å². The van der Waals surface area contributed by atoms with Gasteiger partial charge in [0.15, 0.2) is 5.82 Å². The quantitative estimate of drug-likeness (QED) is 0.679. The summed E-state index contributed by atoms with van der Waals surface area (Å²) < 4.78 is 15.3. The third-order valence-electron chi connectivity index (χ3n) is 4.80. The largest absolute Gasteiger partial charge is 0.325 e. The maximum absolute atomic E-state index is 13.5. The van der Waals surface area contributed by atoms with Crippen molar-refractivity contribution in [2.75, 3.05) is 10.7 Å². The first-order valence-electron chi connectivity index (χ1n) is 9.46. The maximum atomic E-state index is 13.5. The van der Waals surface area contributed by atoms with Gasteiger partial charge in [0.2, 0.25) is 11.1 Å². The van der Waals surface area contributed by atoms with Crippen LogP contribution in [0.5, 0.6) is 0 Å². The van der Waals surface area contributed by atoms with E-state index in [4.69, 9.17) is 0 Å². The second kappa shape index (κ2) is 7.87. The molecule has 0 unspecified atom stereocenters. The van der Waals surface area contributed by atoms with E-state index >= 15 is 0 Å². The van der Waals surface area contributed by atoms with Gasteiger partial charge >= 0.3 is 0 Å². The molecular weight excluding hydrogens is 389 g/mol. The lowest BCUT2D eigenvalue weighted by molar-refractivity contribution is -0.116. The van der Waals surface area contributed by atoms with E-state index in [2.05, 4.69) is 27.0 Å². The van der Waals surface area contributed by atoms with Gasteiger partial charge in [-0.1, -0.05) is 36.9 Å². The van der Waals surface area contributed by atoms with Crippen molar-refractivity contribution < 1.29 is 9.18 Å². The average molecular weight is 412 g/mol. The minimum Gasteiger partial charge on any atom is -0.325 e. The molecule has 6 nitrogen and oxygen atoms in total. The molecule has 2 heterocycles. The molecule has 29 heavy (non-hydrogen) atoms. The number of nitrogens with zero attached hydrogens (tertiary/aromatic N) is 3. The molecule has 2 N–H and O–H groups in total. The van der Waals surface area contributed by atoms with Crippen LogP contribution in [0, 0.1) is 19.7 Å². The normalized spacial score (nSPS) is 18.1. The Balaban J connectivity index is 1.67. The van der Waals surface area contributed by atoms with Gasteiger partial charge in [0.1, 0.15) is 11.1 Å². The van der Waals surface area contributed by atoms with Gasteiger partial charge in [-0.05, 0) is 54.8 Å². The molecule has 0 radical (unpaired) electrons. The monoisotopic (exact) mass is 411 g/mol. The third kappa shape index (κ3) is 3.98. The summed E-state index contributed by atoms with van der Waals surface area (Å²) in [6.45, 7) is 5.99. The number of rotatable bonds is 4. The van der Waals surface area contributed by atoms with Gasteiger partial charge in [0.05, 0.1) is 6.04 Å². The van der Waals surface area contributed by atoms with E-state index in [1.165, 1.54) is 23.9 Å². The number of carbonyl (C=O) groups is 1. The average Bonchev–Trinajstić information content (AvgIpc) is 3.09. The summed E-state index contributed by atoms with van der Waals surface area (Å²) in [5.41, 5.74) is 7.10. The van der Waals surface area contributed by atoms with Crippen molar-refractivity contribution in [1.29, 1.82) is 0 Å². The Hall–Kier alpha value is -2.87. The van der Waals surface area contributed by atoms with Crippen LogP contribution in [0.15, 0.2) is 47.6 Å². The number of aromatic nitrogens is 3. The molecule has 4 rings (SSSR count). The summed E-state index contributed by atoms with van der Waals surface area (Å²) in [5, 5.41) is 11.6. The first-order chi connectivity index (χ1) is 13.9. The zero-order valence-corrected chi connectivity index (χ0v) is 17.3. The second-order valence-corrected chi connectivity index (χ2v) is 8.26. The van der Waals surface area contributed by atoms with Gasteiger partial charge < -0.3 is 10.7 Å². The van der Waals surface area contributed by atoms with E-state index in [1.807, 2.05) is 37.6 Å². The van der Waals surface area contributed by atoms with Crippen LogP contribution in [0.25, 0.3) is 0 Å². The molecule has 2 atom stereocenters. The summed E-state index contributed by atoms with van der Waals surface area (Å²) in [7, 11) is 0. The zero-order valence-electron chi connectivity index (χ0n) is 16.4. The summed E-state index contributed by atoms with van der Waals surface area (Å²) in [6.07, 6.45) is 0.704. The highest BCUT2D eigenvalue weighted by atomic mass is 32.2. The summed E-state index contributed by atoms with van der Waals surface area (Å²) in [5.74, 6) is 0.328. The van der Waals surface area contributed by atoms with E-state index in [9.17, 15) is 9.18 Å². The lowest BCUT2D eigenvalue weighted by atomic mass is 10.0. The number of thioether (sulfide) groups is 1. The lowest BCUT2D eigenvalue weighted by Gasteiger charge is -2.33. The Kier molecular flexibility index (Phi) is 5.27. The van der Waals surface area contributed by atoms with Crippen LogP contribution in [0.2, 0.25) is 0 Å². The molecule has 1 aromatic heterocycles. The fourth-order valence-corrected chi connectivity index (χ4v) is 4.61. The molecule has 8 heteroatoms. The van der Waals surface area contributed by atoms with Gasteiger partial charge in [0, 0.05) is 12.1 Å². The molecule has 0 bridgehead atoms. The number of hydrogen-bond donors (Lipinski definition) is 2. The number of fused-ring (bicyclic) bond motifs is 1. The Labute approximate surface area is 172 Å². The summed E-state index contributed by atoms with van der Waals surface area (Å²) in [4.78, 5) is 13.2. The first kappa shape index (κ1) is 19.4. The molecule has 1 aliphatic heterocycles. The van der Waals surface area contributed by atoms with Crippen molar-refractivity contribution in [3.05, 3.63) is 70.8 Å². The Morgan fingerprint density at radius 2 is 1.86 bits per heavy atom. The molecular formula is C21H22FN5OS. The highest BCUT2D eigenvalue weighted by molar-refractivity contribution is 8.00. The molecule has 150 valence electrons. The second-order valence-electron chi connectivity index (χ2n) is 7.15. The Morgan fingerprint density at radius 3 is 2.52 bits per heavy atom. The SMILES string of the molecule is CCc1nnc2n1N[C@@H](c1ccc(F)cc1)[C@H](C(=O)Nc1cc(C)cc(C)c1)S2. The highest BCUT2D eigenvalue weighted by Gasteiger charge is 2.37. The van der Waals surface area contributed by atoms with E-state index in [0.29, 0.717) is 11.6 Å². The van der Waals surface area contributed by atoms with Crippen molar-refractivity contribution in [2.24, 2.45) is 0 Å². The molecule has 0 saturated carbocycles. The Bertz CT molecular complexity index is 1030. The standard InChI is InChI=1S/C21H22FN5OS/c1-4-17-24-25-21-27(17)26-18(14-5-7-15(22)8-6-14)19(29-21)20(28)23-16-10-12(2)9-13(3)11-16/h5-11,18-19,26H,4H2,1-3H3,(H,23,28)/t18-,19+/m0/s1. The number of hydrogen-bond acceptors (Lipinski definition) is 5. The predicted molar refractivity (Wildman–Crippen MR) is 112 cm³/mol. The van der Waals surface area contributed by atoms with Gasteiger partial charge in [-0.3, -0.25) is 4.79 Å².